The van der Waals surface area contributed by atoms with Gasteiger partial charge in [-0.15, -0.1) is 0 Å². The summed E-state index contributed by atoms with van der Waals surface area (Å²) in [6, 6.07) is 0. The molecule has 1 unspecified atom stereocenters. The van der Waals surface area contributed by atoms with E-state index in [0.29, 0.717) is 11.6 Å². The van der Waals surface area contributed by atoms with Gasteiger partial charge in [-0.1, -0.05) is 13.8 Å². The van der Waals surface area contributed by atoms with E-state index in [-0.39, 0.29) is 0 Å². The first-order valence-electron chi connectivity index (χ1n) is 2.40. The number of hydrogen-bond acceptors (Lipinski definition) is 1. The van der Waals surface area contributed by atoms with Gasteiger partial charge in [0.15, 0.2) is 0 Å². The van der Waals surface area contributed by atoms with Gasteiger partial charge in [0, 0.05) is 10.2 Å². The minimum atomic E-state index is 0.491. The van der Waals surface area contributed by atoms with Gasteiger partial charge in [-0.25, -0.2) is 0 Å². The normalized spacial score (nSPS) is 16.0. The lowest BCUT2D eigenvalue weighted by atomic mass is 10.2. The van der Waals surface area contributed by atoms with Crippen LogP contribution in [-0.4, -0.2) is 15.9 Å². The van der Waals surface area contributed by atoms with Crippen LogP contribution in [-0.2, 0) is 0 Å². The lowest BCUT2D eigenvalue weighted by molar-refractivity contribution is 0.615. The third kappa shape index (κ3) is 2.42. The van der Waals surface area contributed by atoms with Crippen molar-refractivity contribution in [3.05, 3.63) is 0 Å². The summed E-state index contributed by atoms with van der Waals surface area (Å²) < 4.78 is 0. The summed E-state index contributed by atoms with van der Waals surface area (Å²) in [5.41, 5.74) is 5.99. The summed E-state index contributed by atoms with van der Waals surface area (Å²) >= 11 is 0. The SMILES string of the molecule is CC(C)C(N)[SiH3]. The third-order valence-corrected chi connectivity index (χ3v) is 2.38. The van der Waals surface area contributed by atoms with Gasteiger partial charge in [0.25, 0.3) is 0 Å². The second kappa shape index (κ2) is 2.37. The number of rotatable bonds is 1. The smallest absolute Gasteiger partial charge is 0.0241 e. The van der Waals surface area contributed by atoms with Crippen LogP contribution in [0.5, 0.6) is 0 Å². The molecule has 1 atom stereocenters. The van der Waals surface area contributed by atoms with Crippen molar-refractivity contribution in [3.8, 4) is 0 Å². The van der Waals surface area contributed by atoms with Crippen LogP contribution in [0.4, 0.5) is 0 Å². The zero-order chi connectivity index (χ0) is 5.15. The van der Waals surface area contributed by atoms with Crippen LogP contribution in [0.3, 0.4) is 0 Å². The second-order valence-corrected chi connectivity index (χ2v) is 3.44. The van der Waals surface area contributed by atoms with Crippen molar-refractivity contribution in [1.29, 1.82) is 0 Å². The van der Waals surface area contributed by atoms with Crippen LogP contribution in [0.15, 0.2) is 0 Å². The van der Waals surface area contributed by atoms with E-state index in [4.69, 9.17) is 5.73 Å². The quantitative estimate of drug-likeness (QED) is 0.436. The van der Waals surface area contributed by atoms with Gasteiger partial charge in [0.1, 0.15) is 0 Å². The summed E-state index contributed by atoms with van der Waals surface area (Å²) in [7, 11) is 1.13. The topological polar surface area (TPSA) is 26.0 Å². The van der Waals surface area contributed by atoms with Crippen molar-refractivity contribution < 1.29 is 0 Å². The van der Waals surface area contributed by atoms with Crippen LogP contribution in [0, 0.1) is 5.92 Å². The third-order valence-electron chi connectivity index (χ3n) is 1.05. The molecule has 2 N–H and O–H groups in total. The van der Waals surface area contributed by atoms with Gasteiger partial charge in [-0.3, -0.25) is 0 Å². The minimum absolute atomic E-state index is 0.491. The van der Waals surface area contributed by atoms with Crippen molar-refractivity contribution in [2.45, 2.75) is 19.5 Å². The minimum Gasteiger partial charge on any atom is -0.331 e. The van der Waals surface area contributed by atoms with E-state index in [9.17, 15) is 0 Å². The molecule has 38 valence electrons. The van der Waals surface area contributed by atoms with E-state index in [1.807, 2.05) is 0 Å². The van der Waals surface area contributed by atoms with Crippen molar-refractivity contribution in [2.24, 2.45) is 11.7 Å². The molecule has 0 aliphatic rings. The van der Waals surface area contributed by atoms with Gasteiger partial charge in [-0.05, 0) is 11.6 Å². The van der Waals surface area contributed by atoms with Gasteiger partial charge in [-0.2, -0.15) is 0 Å². The first-order chi connectivity index (χ1) is 2.64. The van der Waals surface area contributed by atoms with Gasteiger partial charge < -0.3 is 5.73 Å². The Morgan fingerprint density at radius 3 is 1.67 bits per heavy atom. The van der Waals surface area contributed by atoms with Crippen molar-refractivity contribution >= 4 is 10.2 Å². The van der Waals surface area contributed by atoms with Crippen molar-refractivity contribution in [1.82, 2.24) is 0 Å². The van der Waals surface area contributed by atoms with Gasteiger partial charge in [0.2, 0.25) is 0 Å². The maximum absolute atomic E-state index is 5.50. The van der Waals surface area contributed by atoms with E-state index in [1.165, 1.54) is 0 Å². The Bertz CT molecular complexity index is 28.5. The molecular formula is C4H13NSi. The van der Waals surface area contributed by atoms with Crippen molar-refractivity contribution in [3.63, 3.8) is 0 Å². The molecule has 0 spiro atoms. The fourth-order valence-electron chi connectivity index (χ4n) is 0. The van der Waals surface area contributed by atoms with Crippen LogP contribution >= 0.6 is 0 Å². The van der Waals surface area contributed by atoms with Gasteiger partial charge >= 0.3 is 0 Å². The fourth-order valence-corrected chi connectivity index (χ4v) is 0. The summed E-state index contributed by atoms with van der Waals surface area (Å²) in [5.74, 6) is 0.691. The standard InChI is InChI=1S/C4H13NSi/c1-3(2)4(5)6/h3-4H,5H2,1-2,6H3. The molecular weight excluding hydrogens is 90.1 g/mol. The lowest BCUT2D eigenvalue weighted by Crippen LogP contribution is -2.25. The summed E-state index contributed by atoms with van der Waals surface area (Å²) in [5, 5.41) is 0. The highest BCUT2D eigenvalue weighted by Crippen LogP contribution is 1.90. The van der Waals surface area contributed by atoms with E-state index >= 15 is 0 Å². The first-order valence-corrected chi connectivity index (χ1v) is 3.55. The zero-order valence-corrected chi connectivity index (χ0v) is 6.73. The highest BCUT2D eigenvalue weighted by Gasteiger charge is 1.95. The molecule has 2 heteroatoms. The Morgan fingerprint density at radius 1 is 1.50 bits per heavy atom. The van der Waals surface area contributed by atoms with Crippen LogP contribution in [0.1, 0.15) is 13.8 Å². The molecule has 0 rings (SSSR count). The molecule has 0 saturated carbocycles. The molecule has 0 amide bonds. The van der Waals surface area contributed by atoms with Crippen LogP contribution in [0.2, 0.25) is 0 Å². The molecule has 0 fully saturated rings. The Labute approximate surface area is 42.3 Å². The molecule has 0 saturated heterocycles. The summed E-state index contributed by atoms with van der Waals surface area (Å²) in [6.45, 7) is 4.30. The monoisotopic (exact) mass is 103 g/mol. The zero-order valence-electron chi connectivity index (χ0n) is 4.73. The lowest BCUT2D eigenvalue weighted by Gasteiger charge is -2.05. The average molecular weight is 103 g/mol. The largest absolute Gasteiger partial charge is 0.331 e. The van der Waals surface area contributed by atoms with E-state index < -0.39 is 0 Å². The van der Waals surface area contributed by atoms with Gasteiger partial charge in [0.05, 0.1) is 0 Å². The van der Waals surface area contributed by atoms with E-state index in [0.717, 1.165) is 10.2 Å². The maximum atomic E-state index is 5.50. The number of hydrogen-bond donors (Lipinski definition) is 1. The molecule has 0 aromatic heterocycles. The Hall–Kier alpha value is 0.177. The van der Waals surface area contributed by atoms with Crippen LogP contribution < -0.4 is 5.73 Å². The second-order valence-electron chi connectivity index (χ2n) is 2.10. The highest BCUT2D eigenvalue weighted by molar-refractivity contribution is 6.11. The summed E-state index contributed by atoms with van der Waals surface area (Å²) in [6.07, 6.45) is 0. The molecule has 0 aliphatic heterocycles. The molecule has 0 aromatic rings. The summed E-state index contributed by atoms with van der Waals surface area (Å²) in [4.78, 5) is 0. The van der Waals surface area contributed by atoms with Crippen molar-refractivity contribution in [2.75, 3.05) is 0 Å². The highest BCUT2D eigenvalue weighted by atomic mass is 28.1. The first kappa shape index (κ1) is 6.18. The molecule has 6 heavy (non-hydrogen) atoms. The predicted molar refractivity (Wildman–Crippen MR) is 32.8 cm³/mol. The molecule has 0 aliphatic carbocycles. The number of nitrogens with two attached hydrogens (primary N) is 1. The molecule has 0 aromatic carbocycles. The van der Waals surface area contributed by atoms with E-state index in [2.05, 4.69) is 13.8 Å². The Balaban J connectivity index is 2.99. The molecule has 0 radical (unpaired) electrons. The average Bonchev–Trinajstić information content (AvgIpc) is 1.36. The van der Waals surface area contributed by atoms with E-state index in [1.54, 1.807) is 0 Å². The predicted octanol–water partition coefficient (Wildman–Crippen LogP) is -0.707. The molecule has 0 heterocycles. The maximum Gasteiger partial charge on any atom is 0.0241 e. The molecule has 0 bridgehead atoms. The Morgan fingerprint density at radius 2 is 1.67 bits per heavy atom. The fraction of sp³-hybridized carbons (Fsp3) is 1.00. The molecule has 1 nitrogen and oxygen atoms in total. The van der Waals surface area contributed by atoms with Crippen LogP contribution in [0.25, 0.3) is 0 Å². The Kier molecular flexibility index (Phi) is 2.44.